The quantitative estimate of drug-likeness (QED) is 0.0186. The second kappa shape index (κ2) is 25.1. The summed E-state index contributed by atoms with van der Waals surface area (Å²) >= 11 is 0. The number of Topliss-reactive ketones (excluding diaryl/α,β-unsaturated/α-hetero) is 1. The molecule has 28 heteroatoms. The predicted octanol–water partition coefficient (Wildman–Crippen LogP) is 6.54. The molecule has 0 saturated carbocycles. The minimum Gasteiger partial charge on any atom is -0.399 e. The zero-order valence-electron chi connectivity index (χ0n) is 47.2. The highest BCUT2D eigenvalue weighted by Crippen LogP contribution is 2.36. The number of aliphatic imine (C=N–C) groups is 2. The number of hydrogen-bond donors (Lipinski definition) is 6. The summed E-state index contributed by atoms with van der Waals surface area (Å²) in [5.41, 5.74) is 18.6. The summed E-state index contributed by atoms with van der Waals surface area (Å²) in [6, 6.07) is 12.9. The molecule has 85 heavy (non-hydrogen) atoms. The minimum absolute atomic E-state index is 0.0212. The lowest BCUT2D eigenvalue weighted by atomic mass is 10.0. The minimum atomic E-state index is -4.61. The van der Waals surface area contributed by atoms with Crippen molar-refractivity contribution in [1.29, 1.82) is 0 Å². The van der Waals surface area contributed by atoms with Crippen LogP contribution in [0, 0.1) is 13.8 Å². The predicted molar refractivity (Wildman–Crippen MR) is 306 cm³/mol. The zero-order chi connectivity index (χ0) is 61.8. The third-order valence-electron chi connectivity index (χ3n) is 13.5. The molecule has 0 radical (unpaired) electrons. The summed E-state index contributed by atoms with van der Waals surface area (Å²) in [7, 11) is 5.97. The van der Waals surface area contributed by atoms with E-state index in [1.165, 1.54) is 79.4 Å². The molecule has 4 atom stereocenters. The van der Waals surface area contributed by atoms with Crippen molar-refractivity contribution in [2.24, 2.45) is 9.98 Å². The molecule has 0 saturated heterocycles. The highest BCUT2D eigenvalue weighted by atomic mass is 19.4. The van der Waals surface area contributed by atoms with E-state index in [9.17, 15) is 50.3 Å². The number of hydrogen-bond acceptors (Lipinski definition) is 18. The van der Waals surface area contributed by atoms with Crippen LogP contribution in [0.4, 0.5) is 49.4 Å². The highest BCUT2D eigenvalue weighted by Gasteiger charge is 2.39. The third-order valence-corrected chi connectivity index (χ3v) is 13.5. The Morgan fingerprint density at radius 3 is 1.45 bits per heavy atom. The molecule has 2 amide bonds. The van der Waals surface area contributed by atoms with Gasteiger partial charge in [-0.05, 0) is 123 Å². The van der Waals surface area contributed by atoms with Crippen molar-refractivity contribution in [1.82, 2.24) is 50.6 Å². The van der Waals surface area contributed by atoms with Crippen LogP contribution < -0.4 is 33.0 Å². The molecule has 8 N–H and O–H groups in total. The van der Waals surface area contributed by atoms with Gasteiger partial charge in [-0.25, -0.2) is 29.5 Å². The summed E-state index contributed by atoms with van der Waals surface area (Å²) in [5, 5.41) is 9.79. The first-order chi connectivity index (χ1) is 40.0. The molecule has 8 rings (SSSR count). The Balaban J connectivity index is 0.965. The van der Waals surface area contributed by atoms with Crippen LogP contribution in [0.15, 0.2) is 107 Å². The molecule has 2 aliphatic heterocycles. The molecule has 4 heterocycles. The first kappa shape index (κ1) is 61.5. The Hall–Kier alpha value is -9.57. The molecule has 0 bridgehead atoms. The van der Waals surface area contributed by atoms with Gasteiger partial charge in [0.1, 0.15) is 47.0 Å². The Kier molecular flexibility index (Phi) is 18.2. The molecule has 6 aromatic rings. The third kappa shape index (κ3) is 15.2. The first-order valence-corrected chi connectivity index (χ1v) is 26.2. The number of carbonyl (C=O) groups is 5. The molecule has 4 aromatic carbocycles. The number of aryl methyl sites for hydroxylation is 2. The number of nitrogens with one attached hydrogen (secondary N) is 4. The number of alkyl halides is 6. The largest absolute Gasteiger partial charge is 0.416 e. The molecule has 0 spiro atoms. The normalized spacial score (nSPS) is 17.3. The monoisotopic (exact) mass is 1180 g/mol. The summed E-state index contributed by atoms with van der Waals surface area (Å²) < 4.78 is 87.1. The number of amides is 2. The van der Waals surface area contributed by atoms with Crippen molar-refractivity contribution in [3.05, 3.63) is 142 Å². The van der Waals surface area contributed by atoms with Crippen molar-refractivity contribution >= 4 is 86.0 Å². The average molecular weight is 1180 g/mol. The number of benzene rings is 4. The van der Waals surface area contributed by atoms with Crippen LogP contribution in [-0.2, 0) is 54.2 Å². The number of nitrogen functional groups attached to an aromatic ring is 2. The van der Waals surface area contributed by atoms with Crippen LogP contribution in [0.3, 0.4) is 0 Å². The number of carbonyl (C=O) groups excluding carboxylic acids is 5. The number of hydrazine groups is 2. The van der Waals surface area contributed by atoms with Gasteiger partial charge in [-0.2, -0.15) is 36.4 Å². The Labute approximate surface area is 483 Å². The second-order valence-corrected chi connectivity index (χ2v) is 20.6. The smallest absolute Gasteiger partial charge is 0.399 e. The van der Waals surface area contributed by atoms with Gasteiger partial charge >= 0.3 is 24.3 Å². The Morgan fingerprint density at radius 2 is 1.04 bits per heavy atom. The van der Waals surface area contributed by atoms with Crippen molar-refractivity contribution in [2.45, 2.75) is 77.3 Å². The number of aromatic nitrogens is 4. The van der Waals surface area contributed by atoms with E-state index in [-0.39, 0.29) is 47.3 Å². The van der Waals surface area contributed by atoms with Gasteiger partial charge in [0.05, 0.1) is 60.4 Å². The SMILES string of the molecule is Cc1nc(N[C@H](C)c2cc(N)cc(C(F)(F)F)c2)c2cc(CN=C3C=C[C@H](C(=O)OC(=O)C(=O)[C@H]4C=CC(=NCc5ccc6nc(C)nc(N[C@H](C)c7cc(N)cc(C(F)(F)F)c7)c6c5)NN4CC(=O)N(C)C)N(CC(=O)N(C)C)N3)ccc2n1. The fourth-order valence-corrected chi connectivity index (χ4v) is 8.97. The molecule has 2 aromatic heterocycles. The number of nitrogens with two attached hydrogens (primary N) is 2. The maximum absolute atomic E-state index is 13.9. The molecule has 0 aliphatic carbocycles. The number of fused-ring (bicyclic) bond motifs is 2. The van der Waals surface area contributed by atoms with Crippen molar-refractivity contribution in [3.8, 4) is 0 Å². The van der Waals surface area contributed by atoms with E-state index in [0.717, 1.165) is 29.3 Å². The van der Waals surface area contributed by atoms with E-state index in [1.807, 2.05) is 0 Å². The first-order valence-electron chi connectivity index (χ1n) is 26.2. The molecule has 22 nitrogen and oxygen atoms in total. The molecule has 446 valence electrons. The number of anilines is 4. The number of esters is 2. The van der Waals surface area contributed by atoms with Gasteiger partial charge in [0.25, 0.3) is 5.78 Å². The number of likely N-dealkylation sites (N-methyl/N-ethyl adjacent to an activating group) is 2. The summed E-state index contributed by atoms with van der Waals surface area (Å²) in [4.78, 5) is 97.4. The fourth-order valence-electron chi connectivity index (χ4n) is 8.97. The zero-order valence-corrected chi connectivity index (χ0v) is 47.2. The number of ether oxygens (including phenoxy) is 1. The molecular weight excluding hydrogens is 1120 g/mol. The van der Waals surface area contributed by atoms with Crippen LogP contribution in [0.2, 0.25) is 0 Å². The van der Waals surface area contributed by atoms with Crippen LogP contribution in [0.1, 0.15) is 71.0 Å². The number of nitrogens with zero attached hydrogens (tertiary/aromatic N) is 10. The van der Waals surface area contributed by atoms with Crippen molar-refractivity contribution in [3.63, 3.8) is 0 Å². The van der Waals surface area contributed by atoms with E-state index in [2.05, 4.69) is 51.4 Å². The lowest BCUT2D eigenvalue weighted by molar-refractivity contribution is -0.168. The fraction of sp³-hybridized carbons (Fsp3) is 0.316. The second-order valence-electron chi connectivity index (χ2n) is 20.6. The van der Waals surface area contributed by atoms with E-state index >= 15 is 0 Å². The van der Waals surface area contributed by atoms with Gasteiger partial charge in [0.15, 0.2) is 0 Å². The summed E-state index contributed by atoms with van der Waals surface area (Å²) in [6.07, 6.45) is -3.77. The van der Waals surface area contributed by atoms with Gasteiger partial charge in [0, 0.05) is 50.3 Å². The maximum Gasteiger partial charge on any atom is 0.416 e. The molecule has 0 unspecified atom stereocenters. The maximum atomic E-state index is 13.9. The van der Waals surface area contributed by atoms with E-state index in [1.54, 1.807) is 64.1 Å². The molecular formula is C57H60F6N16O6. The van der Waals surface area contributed by atoms with Crippen molar-refractivity contribution < 1.29 is 55.1 Å². The van der Waals surface area contributed by atoms with Crippen LogP contribution in [-0.4, -0.2) is 134 Å². The number of ketones is 1. The summed E-state index contributed by atoms with van der Waals surface area (Å²) in [5.74, 6) is -3.13. The number of rotatable bonds is 17. The highest BCUT2D eigenvalue weighted by molar-refractivity contribution is 6.38. The topological polar surface area (TPSA) is 284 Å². The average Bonchev–Trinajstić information content (AvgIpc) is 2.77. The van der Waals surface area contributed by atoms with Crippen molar-refractivity contribution in [2.75, 3.05) is 63.4 Å². The van der Waals surface area contributed by atoms with Crippen LogP contribution in [0.5, 0.6) is 0 Å². The van der Waals surface area contributed by atoms with Crippen LogP contribution in [0.25, 0.3) is 21.8 Å². The van der Waals surface area contributed by atoms with Gasteiger partial charge < -0.3 is 47.5 Å². The lowest BCUT2D eigenvalue weighted by Gasteiger charge is -2.33. The standard InChI is InChI=1S/C57H60F6N16O6/c1-29(35-19-37(56(58,59)60)23-39(64)21-35)68-52-41-17-33(9-11-43(41)70-31(3)72-52)25-66-47-15-13-45(78(74-47)27-49(80)76(5)6)51(82)55(84)85-54(83)46-14-16-48(75-79(46)28-50(81)77(7)8)67-26-34-10-12-44-42(18-34)53(73-32(4)71-44)69-30(2)36-20-38(57(61,62)63)24-40(65)22-36/h9-24,29-30,45-46H,25-28,64-65H2,1-8H3,(H,66,74)(H,67,75)(H,68,70,72)(H,69,71,73)/t29-,30-,45-,46-/m1/s1. The van der Waals surface area contributed by atoms with E-state index in [0.29, 0.717) is 56.2 Å². The number of amidine groups is 2. The summed E-state index contributed by atoms with van der Waals surface area (Å²) in [6.45, 7) is 5.85. The number of halogens is 6. The van der Waals surface area contributed by atoms with E-state index in [4.69, 9.17) is 16.2 Å². The van der Waals surface area contributed by atoms with Crippen LogP contribution >= 0.6 is 0 Å². The Bertz CT molecular complexity index is 3740. The lowest BCUT2D eigenvalue weighted by Crippen LogP contribution is -2.58. The van der Waals surface area contributed by atoms with Gasteiger partial charge in [-0.15, -0.1) is 0 Å². The van der Waals surface area contributed by atoms with Gasteiger partial charge in [0.2, 0.25) is 11.8 Å². The Morgan fingerprint density at radius 1 is 0.624 bits per heavy atom. The van der Waals surface area contributed by atoms with E-state index < -0.39 is 90.3 Å². The van der Waals surface area contributed by atoms with Gasteiger partial charge in [-0.3, -0.25) is 24.4 Å². The van der Waals surface area contributed by atoms with Gasteiger partial charge in [-0.1, -0.05) is 24.3 Å². The molecule has 2 aliphatic rings. The molecule has 0 fully saturated rings.